The van der Waals surface area contributed by atoms with Crippen molar-refractivity contribution in [2.75, 3.05) is 13.1 Å². The first-order valence-corrected chi connectivity index (χ1v) is 7.01. The highest BCUT2D eigenvalue weighted by Gasteiger charge is 2.21. The lowest BCUT2D eigenvalue weighted by Gasteiger charge is -2.29. The fourth-order valence-corrected chi connectivity index (χ4v) is 2.83. The lowest BCUT2D eigenvalue weighted by molar-refractivity contribution is 0.351. The molecule has 0 saturated carbocycles. The molecular weight excluding hydrogens is 222 g/mol. The second-order valence-corrected chi connectivity index (χ2v) is 5.59. The lowest BCUT2D eigenvalue weighted by Crippen LogP contribution is -2.30. The van der Waals surface area contributed by atoms with Crippen LogP contribution in [0.1, 0.15) is 32.3 Å². The molecule has 0 spiro atoms. The summed E-state index contributed by atoms with van der Waals surface area (Å²) in [4.78, 5) is 0. The Bertz CT molecular complexity index is 406. The number of allylic oxidation sites excluding steroid dienone is 1. The molecule has 3 heteroatoms. The van der Waals surface area contributed by atoms with Crippen molar-refractivity contribution in [1.29, 1.82) is 0 Å². The zero-order valence-electron chi connectivity index (χ0n) is 11.8. The highest BCUT2D eigenvalue weighted by molar-refractivity contribution is 5.09. The van der Waals surface area contributed by atoms with Crippen LogP contribution in [-0.2, 0) is 13.5 Å². The van der Waals surface area contributed by atoms with Crippen LogP contribution in [0.4, 0.5) is 0 Å². The molecule has 1 aliphatic carbocycles. The maximum atomic E-state index is 4.19. The van der Waals surface area contributed by atoms with Gasteiger partial charge in [0.05, 0.1) is 6.20 Å². The van der Waals surface area contributed by atoms with E-state index in [9.17, 15) is 0 Å². The van der Waals surface area contributed by atoms with Gasteiger partial charge in [-0.05, 0) is 50.1 Å². The number of nitrogens with zero attached hydrogens (tertiary/aromatic N) is 2. The largest absolute Gasteiger partial charge is 0.316 e. The first kappa shape index (κ1) is 13.3. The molecule has 1 aromatic heterocycles. The Morgan fingerprint density at radius 3 is 3.00 bits per heavy atom. The Morgan fingerprint density at radius 2 is 2.33 bits per heavy atom. The van der Waals surface area contributed by atoms with Crippen LogP contribution < -0.4 is 5.32 Å². The molecule has 1 aliphatic rings. The van der Waals surface area contributed by atoms with E-state index in [2.05, 4.69) is 36.5 Å². The van der Waals surface area contributed by atoms with Gasteiger partial charge in [0.25, 0.3) is 0 Å². The van der Waals surface area contributed by atoms with Crippen LogP contribution in [0.3, 0.4) is 0 Å². The molecule has 1 aromatic rings. The summed E-state index contributed by atoms with van der Waals surface area (Å²) in [7, 11) is 1.97. The van der Waals surface area contributed by atoms with Gasteiger partial charge in [0.15, 0.2) is 0 Å². The maximum absolute atomic E-state index is 4.19. The summed E-state index contributed by atoms with van der Waals surface area (Å²) < 4.78 is 1.87. The minimum Gasteiger partial charge on any atom is -0.316 e. The fourth-order valence-electron chi connectivity index (χ4n) is 2.83. The molecule has 2 rings (SSSR count). The Kier molecular flexibility index (Phi) is 4.59. The molecule has 100 valence electrons. The molecule has 1 N–H and O–H groups in total. The molecule has 0 aromatic carbocycles. The van der Waals surface area contributed by atoms with Gasteiger partial charge in [-0.2, -0.15) is 5.10 Å². The van der Waals surface area contributed by atoms with E-state index in [1.165, 1.54) is 18.4 Å². The second-order valence-electron chi connectivity index (χ2n) is 5.59. The van der Waals surface area contributed by atoms with Crippen LogP contribution in [0.5, 0.6) is 0 Å². The smallest absolute Gasteiger partial charge is 0.0522 e. The van der Waals surface area contributed by atoms with Crippen LogP contribution in [0.25, 0.3) is 0 Å². The fraction of sp³-hybridized carbons (Fsp3) is 0.667. The summed E-state index contributed by atoms with van der Waals surface area (Å²) in [5, 5.41) is 7.78. The average Bonchev–Trinajstić information content (AvgIpc) is 2.73. The van der Waals surface area contributed by atoms with Gasteiger partial charge in [0.1, 0.15) is 0 Å². The number of aryl methyl sites for hydroxylation is 1. The van der Waals surface area contributed by atoms with Crippen LogP contribution in [0, 0.1) is 11.8 Å². The summed E-state index contributed by atoms with van der Waals surface area (Å²) in [6, 6.07) is 0. The quantitative estimate of drug-likeness (QED) is 0.640. The standard InChI is InChI=1S/C15H25N3/c1-12-5-4-6-13(2)15(12)10-16-8-7-14-9-17-18(3)11-14/h5,9,11,13,15-16H,4,6-8,10H2,1-3H3/t13-,15-/m1/s1. The second kappa shape index (κ2) is 6.19. The van der Waals surface area contributed by atoms with Crippen molar-refractivity contribution in [2.45, 2.75) is 33.1 Å². The molecule has 2 atom stereocenters. The third-order valence-electron chi connectivity index (χ3n) is 4.07. The van der Waals surface area contributed by atoms with E-state index in [-0.39, 0.29) is 0 Å². The number of rotatable bonds is 5. The lowest BCUT2D eigenvalue weighted by atomic mass is 9.80. The minimum atomic E-state index is 0.729. The van der Waals surface area contributed by atoms with E-state index in [0.717, 1.165) is 31.3 Å². The Hall–Kier alpha value is -1.09. The number of hydrogen-bond acceptors (Lipinski definition) is 2. The highest BCUT2D eigenvalue weighted by Crippen LogP contribution is 2.29. The molecule has 3 nitrogen and oxygen atoms in total. The molecule has 0 bridgehead atoms. The van der Waals surface area contributed by atoms with Gasteiger partial charge in [-0.15, -0.1) is 0 Å². The van der Waals surface area contributed by atoms with E-state index in [0.29, 0.717) is 0 Å². The van der Waals surface area contributed by atoms with Gasteiger partial charge in [0.2, 0.25) is 0 Å². The minimum absolute atomic E-state index is 0.729. The van der Waals surface area contributed by atoms with Crippen molar-refractivity contribution in [3.8, 4) is 0 Å². The van der Waals surface area contributed by atoms with Gasteiger partial charge in [-0.3, -0.25) is 4.68 Å². The van der Waals surface area contributed by atoms with E-state index >= 15 is 0 Å². The van der Waals surface area contributed by atoms with Crippen molar-refractivity contribution < 1.29 is 0 Å². The van der Waals surface area contributed by atoms with Gasteiger partial charge in [-0.25, -0.2) is 0 Å². The van der Waals surface area contributed by atoms with Crippen molar-refractivity contribution >= 4 is 0 Å². The monoisotopic (exact) mass is 247 g/mol. The Balaban J connectivity index is 1.72. The van der Waals surface area contributed by atoms with Crippen LogP contribution in [0.2, 0.25) is 0 Å². The Labute approximate surface area is 110 Å². The predicted molar refractivity (Wildman–Crippen MR) is 75.4 cm³/mol. The normalized spacial score (nSPS) is 24.1. The SMILES string of the molecule is CC1=CCC[C@@H](C)[C@@H]1CNCCc1cnn(C)c1. The van der Waals surface area contributed by atoms with Crippen molar-refractivity contribution in [3.63, 3.8) is 0 Å². The summed E-state index contributed by atoms with van der Waals surface area (Å²) in [5.74, 6) is 1.55. The van der Waals surface area contributed by atoms with E-state index in [1.54, 1.807) is 5.57 Å². The van der Waals surface area contributed by atoms with Gasteiger partial charge >= 0.3 is 0 Å². The molecule has 0 radical (unpaired) electrons. The highest BCUT2D eigenvalue weighted by atomic mass is 15.2. The third kappa shape index (κ3) is 3.45. The van der Waals surface area contributed by atoms with Gasteiger partial charge in [0, 0.05) is 19.8 Å². The summed E-state index contributed by atoms with van der Waals surface area (Å²) >= 11 is 0. The first-order chi connectivity index (χ1) is 8.66. The zero-order valence-corrected chi connectivity index (χ0v) is 11.8. The van der Waals surface area contributed by atoms with Crippen molar-refractivity contribution in [3.05, 3.63) is 29.6 Å². The number of hydrogen-bond donors (Lipinski definition) is 1. The first-order valence-electron chi connectivity index (χ1n) is 7.01. The molecule has 0 unspecified atom stereocenters. The number of nitrogens with one attached hydrogen (secondary N) is 1. The van der Waals surface area contributed by atoms with Crippen LogP contribution in [-0.4, -0.2) is 22.9 Å². The van der Waals surface area contributed by atoms with E-state index in [4.69, 9.17) is 0 Å². The molecule has 0 fully saturated rings. The third-order valence-corrected chi connectivity index (χ3v) is 4.07. The van der Waals surface area contributed by atoms with E-state index < -0.39 is 0 Å². The molecular formula is C15H25N3. The summed E-state index contributed by atoms with van der Waals surface area (Å²) in [6.07, 6.45) is 10.1. The topological polar surface area (TPSA) is 29.9 Å². The zero-order chi connectivity index (χ0) is 13.0. The summed E-state index contributed by atoms with van der Waals surface area (Å²) in [5.41, 5.74) is 2.89. The average molecular weight is 247 g/mol. The molecule has 18 heavy (non-hydrogen) atoms. The van der Waals surface area contributed by atoms with Crippen molar-refractivity contribution in [1.82, 2.24) is 15.1 Å². The molecule has 0 aliphatic heterocycles. The van der Waals surface area contributed by atoms with Crippen molar-refractivity contribution in [2.24, 2.45) is 18.9 Å². The molecule has 0 saturated heterocycles. The number of aromatic nitrogens is 2. The Morgan fingerprint density at radius 1 is 1.50 bits per heavy atom. The molecule has 0 amide bonds. The predicted octanol–water partition coefficient (Wildman–Crippen LogP) is 2.54. The van der Waals surface area contributed by atoms with Gasteiger partial charge < -0.3 is 5.32 Å². The van der Waals surface area contributed by atoms with Crippen LogP contribution in [0.15, 0.2) is 24.0 Å². The maximum Gasteiger partial charge on any atom is 0.0522 e. The van der Waals surface area contributed by atoms with Crippen LogP contribution >= 0.6 is 0 Å². The van der Waals surface area contributed by atoms with Gasteiger partial charge in [-0.1, -0.05) is 18.6 Å². The summed E-state index contributed by atoms with van der Waals surface area (Å²) in [6.45, 7) is 6.82. The van der Waals surface area contributed by atoms with E-state index in [1.807, 2.05) is 17.9 Å². The molecule has 1 heterocycles.